The molecule has 1 unspecified atom stereocenters. The molecule has 106 valence electrons. The molecule has 1 aliphatic rings. The minimum Gasteiger partial charge on any atom is -0.366 e. The van der Waals surface area contributed by atoms with Crippen molar-refractivity contribution in [1.82, 2.24) is 9.97 Å². The summed E-state index contributed by atoms with van der Waals surface area (Å²) in [6, 6.07) is 0.411. The van der Waals surface area contributed by atoms with Crippen LogP contribution in [0.2, 0.25) is 5.02 Å². The predicted octanol–water partition coefficient (Wildman–Crippen LogP) is 3.94. The normalized spacial score (nSPS) is 17.4. The second kappa shape index (κ2) is 6.94. The summed E-state index contributed by atoms with van der Waals surface area (Å²) in [5.41, 5.74) is 0. The number of aromatic nitrogens is 2. The molecule has 4 nitrogen and oxygen atoms in total. The lowest BCUT2D eigenvalue weighted by Gasteiger charge is -2.21. The first-order chi connectivity index (χ1) is 9.20. The summed E-state index contributed by atoms with van der Waals surface area (Å²) in [5.74, 6) is 2.13. The molecule has 2 rings (SSSR count). The van der Waals surface area contributed by atoms with Gasteiger partial charge in [-0.3, -0.25) is 0 Å². The molecule has 1 aromatic heterocycles. The third-order valence-corrected chi connectivity index (χ3v) is 4.03. The highest BCUT2D eigenvalue weighted by Crippen LogP contribution is 2.30. The summed E-state index contributed by atoms with van der Waals surface area (Å²) in [6.07, 6.45) is 8.01. The van der Waals surface area contributed by atoms with Gasteiger partial charge in [-0.1, -0.05) is 31.4 Å². The highest BCUT2D eigenvalue weighted by atomic mass is 35.5. The lowest BCUT2D eigenvalue weighted by Crippen LogP contribution is -2.24. The van der Waals surface area contributed by atoms with Gasteiger partial charge in [0.15, 0.2) is 5.82 Å². The van der Waals surface area contributed by atoms with Gasteiger partial charge in [-0.25, -0.2) is 4.98 Å². The van der Waals surface area contributed by atoms with Crippen molar-refractivity contribution in [3.63, 3.8) is 0 Å². The summed E-state index contributed by atoms with van der Waals surface area (Å²) < 4.78 is 0. The lowest BCUT2D eigenvalue weighted by molar-refractivity contribution is 0.481. The van der Waals surface area contributed by atoms with E-state index in [4.69, 9.17) is 11.6 Å². The van der Waals surface area contributed by atoms with Crippen molar-refractivity contribution < 1.29 is 0 Å². The summed E-state index contributed by atoms with van der Waals surface area (Å²) in [7, 11) is 0. The van der Waals surface area contributed by atoms with E-state index in [1.165, 1.54) is 25.7 Å². The summed E-state index contributed by atoms with van der Waals surface area (Å²) in [6.45, 7) is 5.21. The van der Waals surface area contributed by atoms with E-state index < -0.39 is 0 Å². The van der Waals surface area contributed by atoms with Gasteiger partial charge in [0.2, 0.25) is 5.95 Å². The third-order valence-electron chi connectivity index (χ3n) is 3.75. The first-order valence-corrected chi connectivity index (χ1v) is 7.61. The molecule has 1 heterocycles. The van der Waals surface area contributed by atoms with E-state index in [1.54, 1.807) is 6.20 Å². The molecule has 1 aromatic rings. The number of halogens is 1. The molecule has 1 saturated carbocycles. The Morgan fingerprint density at radius 3 is 2.84 bits per heavy atom. The molecule has 1 fully saturated rings. The van der Waals surface area contributed by atoms with E-state index in [1.807, 2.05) is 0 Å². The topological polar surface area (TPSA) is 49.8 Å². The highest BCUT2D eigenvalue weighted by Gasteiger charge is 2.22. The number of anilines is 2. The lowest BCUT2D eigenvalue weighted by atomic mass is 10.00. The van der Waals surface area contributed by atoms with Crippen molar-refractivity contribution in [3.8, 4) is 0 Å². The number of nitrogens with zero attached hydrogens (tertiary/aromatic N) is 2. The molecule has 0 aliphatic heterocycles. The van der Waals surface area contributed by atoms with Gasteiger partial charge in [-0.15, -0.1) is 0 Å². The molecule has 2 N–H and O–H groups in total. The van der Waals surface area contributed by atoms with Crippen LogP contribution < -0.4 is 10.6 Å². The Balaban J connectivity index is 2.01. The van der Waals surface area contributed by atoms with Gasteiger partial charge in [0, 0.05) is 12.6 Å². The fourth-order valence-electron chi connectivity index (χ4n) is 2.58. The molecule has 0 radical (unpaired) electrons. The SMILES string of the molecule is CCCNc1ncc(Cl)c(NC(C)C2CCCC2)n1. The Morgan fingerprint density at radius 1 is 1.42 bits per heavy atom. The molecule has 1 aliphatic carbocycles. The number of rotatable bonds is 6. The largest absolute Gasteiger partial charge is 0.366 e. The summed E-state index contributed by atoms with van der Waals surface area (Å²) >= 11 is 6.17. The van der Waals surface area contributed by atoms with E-state index in [2.05, 4.69) is 34.4 Å². The fraction of sp³-hybridized carbons (Fsp3) is 0.714. The maximum absolute atomic E-state index is 6.17. The molecule has 0 amide bonds. The van der Waals surface area contributed by atoms with Crippen LogP contribution in [0.5, 0.6) is 0 Å². The van der Waals surface area contributed by atoms with Crippen molar-refractivity contribution in [2.45, 2.75) is 52.0 Å². The average molecular weight is 283 g/mol. The summed E-state index contributed by atoms with van der Waals surface area (Å²) in [5, 5.41) is 7.22. The molecular formula is C14H23ClN4. The maximum atomic E-state index is 6.17. The predicted molar refractivity (Wildman–Crippen MR) is 80.9 cm³/mol. The van der Waals surface area contributed by atoms with E-state index in [0.717, 1.165) is 24.7 Å². The van der Waals surface area contributed by atoms with Crippen molar-refractivity contribution >= 4 is 23.4 Å². The maximum Gasteiger partial charge on any atom is 0.224 e. The molecule has 5 heteroatoms. The van der Waals surface area contributed by atoms with Gasteiger partial charge in [-0.2, -0.15) is 4.98 Å². The van der Waals surface area contributed by atoms with Gasteiger partial charge >= 0.3 is 0 Å². The Labute approximate surface area is 120 Å². The minimum atomic E-state index is 0.411. The molecule has 0 aromatic carbocycles. The van der Waals surface area contributed by atoms with Gasteiger partial charge in [0.1, 0.15) is 5.02 Å². The van der Waals surface area contributed by atoms with E-state index >= 15 is 0 Å². The second-order valence-electron chi connectivity index (χ2n) is 5.29. The molecule has 1 atom stereocenters. The Kier molecular flexibility index (Phi) is 5.25. The van der Waals surface area contributed by atoms with Crippen LogP contribution in [-0.4, -0.2) is 22.6 Å². The Morgan fingerprint density at radius 2 is 2.16 bits per heavy atom. The zero-order valence-electron chi connectivity index (χ0n) is 11.7. The van der Waals surface area contributed by atoms with Crippen LogP contribution in [0.4, 0.5) is 11.8 Å². The van der Waals surface area contributed by atoms with Gasteiger partial charge in [-0.05, 0) is 32.1 Å². The zero-order valence-corrected chi connectivity index (χ0v) is 12.5. The number of nitrogens with one attached hydrogen (secondary N) is 2. The smallest absolute Gasteiger partial charge is 0.224 e. The van der Waals surface area contributed by atoms with Crippen LogP contribution >= 0.6 is 11.6 Å². The molecule has 19 heavy (non-hydrogen) atoms. The van der Waals surface area contributed by atoms with Crippen molar-refractivity contribution in [2.24, 2.45) is 5.92 Å². The van der Waals surface area contributed by atoms with Crippen LogP contribution in [0, 0.1) is 5.92 Å². The van der Waals surface area contributed by atoms with Crippen LogP contribution in [0.1, 0.15) is 46.0 Å². The second-order valence-corrected chi connectivity index (χ2v) is 5.70. The van der Waals surface area contributed by atoms with Crippen molar-refractivity contribution in [1.29, 1.82) is 0 Å². The minimum absolute atomic E-state index is 0.411. The summed E-state index contributed by atoms with van der Waals surface area (Å²) in [4.78, 5) is 8.64. The molecule has 0 saturated heterocycles. The number of hydrogen-bond acceptors (Lipinski definition) is 4. The van der Waals surface area contributed by atoms with Crippen LogP contribution in [0.15, 0.2) is 6.20 Å². The first kappa shape index (κ1) is 14.4. The Bertz CT molecular complexity index is 404. The zero-order chi connectivity index (χ0) is 13.7. The Hall–Kier alpha value is -1.03. The molecular weight excluding hydrogens is 260 g/mol. The van der Waals surface area contributed by atoms with E-state index in [9.17, 15) is 0 Å². The highest BCUT2D eigenvalue weighted by molar-refractivity contribution is 6.32. The van der Waals surface area contributed by atoms with Gasteiger partial charge in [0.05, 0.1) is 6.20 Å². The monoisotopic (exact) mass is 282 g/mol. The van der Waals surface area contributed by atoms with Crippen LogP contribution in [0.25, 0.3) is 0 Å². The third kappa shape index (κ3) is 3.96. The molecule has 0 bridgehead atoms. The van der Waals surface area contributed by atoms with Crippen molar-refractivity contribution in [2.75, 3.05) is 17.2 Å². The van der Waals surface area contributed by atoms with E-state index in [0.29, 0.717) is 17.0 Å². The van der Waals surface area contributed by atoms with Gasteiger partial charge < -0.3 is 10.6 Å². The van der Waals surface area contributed by atoms with E-state index in [-0.39, 0.29) is 0 Å². The fourth-order valence-corrected chi connectivity index (χ4v) is 2.73. The number of hydrogen-bond donors (Lipinski definition) is 2. The van der Waals surface area contributed by atoms with Crippen LogP contribution in [0.3, 0.4) is 0 Å². The van der Waals surface area contributed by atoms with Crippen molar-refractivity contribution in [3.05, 3.63) is 11.2 Å². The van der Waals surface area contributed by atoms with Crippen LogP contribution in [-0.2, 0) is 0 Å². The molecule has 0 spiro atoms. The average Bonchev–Trinajstić information content (AvgIpc) is 2.93. The standard InChI is InChI=1S/C14H23ClN4/c1-3-8-16-14-17-9-12(15)13(19-14)18-10(2)11-6-4-5-7-11/h9-11H,3-8H2,1-2H3,(H2,16,17,18,19). The van der Waals surface area contributed by atoms with Gasteiger partial charge in [0.25, 0.3) is 0 Å². The first-order valence-electron chi connectivity index (χ1n) is 7.23. The quantitative estimate of drug-likeness (QED) is 0.830.